The van der Waals surface area contributed by atoms with E-state index in [1.54, 1.807) is 0 Å². The fraction of sp³-hybridized carbons (Fsp3) is 0.846. The quantitative estimate of drug-likeness (QED) is 0.560. The molecule has 0 bridgehead atoms. The Hall–Kier alpha value is -1.14. The Bertz CT molecular complexity index is 269. The van der Waals surface area contributed by atoms with Gasteiger partial charge in [-0.05, 0) is 34.6 Å². The van der Waals surface area contributed by atoms with E-state index in [4.69, 9.17) is 14.2 Å². The molecule has 0 aromatic rings. The minimum atomic E-state index is -0.614. The number of rotatable bonds is 10. The molecule has 0 fully saturated rings. The highest BCUT2D eigenvalue weighted by Crippen LogP contribution is 2.16. The van der Waals surface area contributed by atoms with Gasteiger partial charge in [-0.3, -0.25) is 9.59 Å². The van der Waals surface area contributed by atoms with Gasteiger partial charge in [0.2, 0.25) is 0 Å². The van der Waals surface area contributed by atoms with Crippen LogP contribution in [-0.4, -0.2) is 50.1 Å². The van der Waals surface area contributed by atoms with Crippen LogP contribution in [0.3, 0.4) is 0 Å². The van der Waals surface area contributed by atoms with Gasteiger partial charge in [-0.25, -0.2) is 0 Å². The third-order valence-electron chi connectivity index (χ3n) is 2.11. The van der Waals surface area contributed by atoms with Gasteiger partial charge in [0.05, 0.1) is 24.4 Å². The largest absolute Gasteiger partial charge is 0.464 e. The maximum atomic E-state index is 10.3. The topological polar surface area (TPSA) is 71.1 Å². The van der Waals surface area contributed by atoms with E-state index in [0.717, 1.165) is 0 Å². The highest BCUT2D eigenvalue weighted by atomic mass is 16.6. The molecule has 0 saturated carbocycles. The number of carbonyl (C=O) groups is 2. The number of ether oxygens (including phenoxy) is 4. The van der Waals surface area contributed by atoms with Crippen molar-refractivity contribution >= 4 is 12.9 Å². The molecule has 0 rings (SSSR count). The van der Waals surface area contributed by atoms with E-state index < -0.39 is 11.7 Å². The molecular formula is C13H24O6. The molecule has 0 heterocycles. The zero-order valence-electron chi connectivity index (χ0n) is 12.3. The van der Waals surface area contributed by atoms with E-state index in [0.29, 0.717) is 19.6 Å². The Balaban J connectivity index is 4.15. The molecule has 0 aliphatic rings. The highest BCUT2D eigenvalue weighted by molar-refractivity contribution is 5.38. The highest BCUT2D eigenvalue weighted by Gasteiger charge is 2.24. The first kappa shape index (κ1) is 17.9. The Morgan fingerprint density at radius 1 is 0.947 bits per heavy atom. The second-order valence-electron chi connectivity index (χ2n) is 5.76. The van der Waals surface area contributed by atoms with Crippen LogP contribution in [0.1, 0.15) is 34.6 Å². The fourth-order valence-electron chi connectivity index (χ4n) is 1.10. The predicted molar refractivity (Wildman–Crippen MR) is 68.7 cm³/mol. The second kappa shape index (κ2) is 8.12. The molecule has 112 valence electrons. The van der Waals surface area contributed by atoms with Crippen molar-refractivity contribution < 1.29 is 28.5 Å². The fourth-order valence-corrected chi connectivity index (χ4v) is 1.10. The van der Waals surface area contributed by atoms with E-state index in [9.17, 15) is 9.59 Å². The zero-order valence-corrected chi connectivity index (χ0v) is 12.3. The van der Waals surface area contributed by atoms with Crippen LogP contribution in [0.5, 0.6) is 0 Å². The third kappa shape index (κ3) is 10.5. The minimum absolute atomic E-state index is 0.0293. The lowest BCUT2D eigenvalue weighted by Gasteiger charge is -2.30. The lowest BCUT2D eigenvalue weighted by molar-refractivity contribution is -0.158. The van der Waals surface area contributed by atoms with Crippen molar-refractivity contribution in [2.24, 2.45) is 0 Å². The van der Waals surface area contributed by atoms with Gasteiger partial charge in [0, 0.05) is 0 Å². The molecule has 0 amide bonds. The maximum Gasteiger partial charge on any atom is 0.293 e. The van der Waals surface area contributed by atoms with Gasteiger partial charge in [-0.1, -0.05) is 0 Å². The Morgan fingerprint density at radius 3 is 2.05 bits per heavy atom. The van der Waals surface area contributed by atoms with Gasteiger partial charge in [-0.2, -0.15) is 0 Å². The van der Waals surface area contributed by atoms with E-state index in [2.05, 4.69) is 4.74 Å². The average molecular weight is 276 g/mol. The zero-order chi connectivity index (χ0) is 14.9. The van der Waals surface area contributed by atoms with Crippen LogP contribution in [0, 0.1) is 0 Å². The lowest BCUT2D eigenvalue weighted by Crippen LogP contribution is -2.38. The normalized spacial score (nSPS) is 13.7. The van der Waals surface area contributed by atoms with Crippen LogP contribution in [0.15, 0.2) is 0 Å². The number of hydrogen-bond acceptors (Lipinski definition) is 6. The Morgan fingerprint density at radius 2 is 1.58 bits per heavy atom. The first-order valence-corrected chi connectivity index (χ1v) is 6.12. The molecule has 0 saturated heterocycles. The van der Waals surface area contributed by atoms with Crippen LogP contribution in [-0.2, 0) is 28.5 Å². The molecular weight excluding hydrogens is 252 g/mol. The number of hydrogen-bond donors (Lipinski definition) is 0. The molecule has 1 unspecified atom stereocenters. The van der Waals surface area contributed by atoms with Gasteiger partial charge < -0.3 is 18.9 Å². The molecule has 19 heavy (non-hydrogen) atoms. The van der Waals surface area contributed by atoms with Crippen LogP contribution >= 0.6 is 0 Å². The summed E-state index contributed by atoms with van der Waals surface area (Å²) in [4.78, 5) is 20.4. The predicted octanol–water partition coefficient (Wildman–Crippen LogP) is 1.31. The van der Waals surface area contributed by atoms with Crippen LogP contribution in [0.2, 0.25) is 0 Å². The average Bonchev–Trinajstić information content (AvgIpc) is 2.30. The molecule has 0 aromatic heterocycles. The second-order valence-corrected chi connectivity index (χ2v) is 5.76. The molecule has 0 spiro atoms. The smallest absolute Gasteiger partial charge is 0.293 e. The van der Waals surface area contributed by atoms with Crippen molar-refractivity contribution in [3.8, 4) is 0 Å². The monoisotopic (exact) mass is 276 g/mol. The van der Waals surface area contributed by atoms with Crippen molar-refractivity contribution in [1.29, 1.82) is 0 Å². The van der Waals surface area contributed by atoms with Crippen LogP contribution in [0.4, 0.5) is 0 Å². The standard InChI is InChI=1S/C13H24O6/c1-12(2,3)19-8-13(4,5)18-7-11(17-10-15)6-16-9-14/h9-11H,6-8H2,1-5H3. The summed E-state index contributed by atoms with van der Waals surface area (Å²) in [6.07, 6.45) is -0.614. The van der Waals surface area contributed by atoms with E-state index in [1.165, 1.54) is 0 Å². The van der Waals surface area contributed by atoms with Crippen molar-refractivity contribution in [2.75, 3.05) is 19.8 Å². The summed E-state index contributed by atoms with van der Waals surface area (Å²) in [5, 5.41) is 0. The molecule has 6 heteroatoms. The lowest BCUT2D eigenvalue weighted by atomic mass is 10.1. The van der Waals surface area contributed by atoms with Gasteiger partial charge in [0.1, 0.15) is 6.61 Å². The SMILES string of the molecule is CC(C)(C)OCC(C)(C)OCC(COC=O)OC=O. The van der Waals surface area contributed by atoms with Gasteiger partial charge >= 0.3 is 0 Å². The summed E-state index contributed by atoms with van der Waals surface area (Å²) < 4.78 is 20.6. The van der Waals surface area contributed by atoms with Crippen molar-refractivity contribution in [1.82, 2.24) is 0 Å². The maximum absolute atomic E-state index is 10.3. The van der Waals surface area contributed by atoms with Crippen LogP contribution < -0.4 is 0 Å². The molecule has 6 nitrogen and oxygen atoms in total. The van der Waals surface area contributed by atoms with Gasteiger partial charge in [0.15, 0.2) is 6.10 Å². The summed E-state index contributed by atoms with van der Waals surface area (Å²) in [5.74, 6) is 0. The summed E-state index contributed by atoms with van der Waals surface area (Å²) in [6, 6.07) is 0. The van der Waals surface area contributed by atoms with Crippen molar-refractivity contribution in [3.63, 3.8) is 0 Å². The van der Waals surface area contributed by atoms with E-state index in [1.807, 2.05) is 34.6 Å². The molecule has 0 aliphatic heterocycles. The summed E-state index contributed by atoms with van der Waals surface area (Å²) in [6.45, 7) is 10.7. The molecule has 1 atom stereocenters. The third-order valence-corrected chi connectivity index (χ3v) is 2.11. The number of carbonyl (C=O) groups excluding carboxylic acids is 2. The Labute approximate surface area is 114 Å². The van der Waals surface area contributed by atoms with E-state index in [-0.39, 0.29) is 18.8 Å². The van der Waals surface area contributed by atoms with Crippen molar-refractivity contribution in [2.45, 2.75) is 51.9 Å². The van der Waals surface area contributed by atoms with Gasteiger partial charge in [-0.15, -0.1) is 0 Å². The summed E-state index contributed by atoms with van der Waals surface area (Å²) in [5.41, 5.74) is -0.779. The van der Waals surface area contributed by atoms with Crippen molar-refractivity contribution in [3.05, 3.63) is 0 Å². The molecule has 0 radical (unpaired) electrons. The molecule has 0 N–H and O–H groups in total. The Kier molecular flexibility index (Phi) is 7.63. The van der Waals surface area contributed by atoms with E-state index >= 15 is 0 Å². The first-order chi connectivity index (χ1) is 8.70. The summed E-state index contributed by atoms with van der Waals surface area (Å²) >= 11 is 0. The minimum Gasteiger partial charge on any atom is -0.464 e. The first-order valence-electron chi connectivity index (χ1n) is 6.12. The van der Waals surface area contributed by atoms with Gasteiger partial charge in [0.25, 0.3) is 12.9 Å². The molecule has 0 aliphatic carbocycles. The van der Waals surface area contributed by atoms with Crippen LogP contribution in [0.25, 0.3) is 0 Å². The molecule has 0 aromatic carbocycles. The summed E-state index contributed by atoms with van der Waals surface area (Å²) in [7, 11) is 0.